The Labute approximate surface area is 99.0 Å². The van der Waals surface area contributed by atoms with E-state index < -0.39 is 0 Å². The molecule has 0 aromatic rings. The topological polar surface area (TPSA) is 46.2 Å². The van der Waals surface area contributed by atoms with Gasteiger partial charge in [0.25, 0.3) is 0 Å². The van der Waals surface area contributed by atoms with Crippen molar-refractivity contribution < 1.29 is 9.59 Å². The Bertz CT molecular complexity index is 202. The fourth-order valence-electron chi connectivity index (χ4n) is 1.51. The van der Waals surface area contributed by atoms with Crippen LogP contribution in [0, 0.1) is 0 Å². The number of hydrogen-bond acceptors (Lipinski definition) is 3. The fraction of sp³-hybridized carbons (Fsp3) is 0.846. The summed E-state index contributed by atoms with van der Waals surface area (Å²) in [7, 11) is 0. The Morgan fingerprint density at radius 1 is 0.938 bits per heavy atom. The molecule has 0 aromatic heterocycles. The van der Waals surface area contributed by atoms with E-state index in [1.165, 1.54) is 0 Å². The maximum absolute atomic E-state index is 11.2. The normalized spacial score (nSPS) is 10.4. The van der Waals surface area contributed by atoms with Gasteiger partial charge in [-0.15, -0.1) is 0 Å². The molecule has 0 aliphatic heterocycles. The maximum Gasteiger partial charge on any atom is 0.146 e. The third-order valence-corrected chi connectivity index (χ3v) is 2.55. The smallest absolute Gasteiger partial charge is 0.146 e. The molecule has 16 heavy (non-hydrogen) atoms. The molecule has 0 aromatic carbocycles. The minimum absolute atomic E-state index is 0.262. The second-order valence-corrected chi connectivity index (χ2v) is 4.17. The Hall–Kier alpha value is -0.700. The van der Waals surface area contributed by atoms with Gasteiger partial charge >= 0.3 is 0 Å². The van der Waals surface area contributed by atoms with Crippen LogP contribution >= 0.6 is 0 Å². The molecule has 0 amide bonds. The highest BCUT2D eigenvalue weighted by molar-refractivity contribution is 5.80. The fourth-order valence-corrected chi connectivity index (χ4v) is 1.51. The van der Waals surface area contributed by atoms with Crippen LogP contribution in [0.4, 0.5) is 0 Å². The van der Waals surface area contributed by atoms with E-state index in [1.54, 1.807) is 0 Å². The Morgan fingerprint density at radius 3 is 2.31 bits per heavy atom. The summed E-state index contributed by atoms with van der Waals surface area (Å²) in [6, 6.07) is 0. The predicted molar refractivity (Wildman–Crippen MR) is 66.6 cm³/mol. The van der Waals surface area contributed by atoms with Gasteiger partial charge in [-0.05, 0) is 25.8 Å². The van der Waals surface area contributed by atoms with Crippen LogP contribution in [-0.2, 0) is 9.59 Å². The molecule has 0 radical (unpaired) electrons. The van der Waals surface area contributed by atoms with Gasteiger partial charge in [0.15, 0.2) is 0 Å². The van der Waals surface area contributed by atoms with Crippen LogP contribution in [-0.4, -0.2) is 24.7 Å². The number of Topliss-reactive ketones (excluding diaryl/α,β-unsaturated/α-hetero) is 2. The molecule has 0 aliphatic rings. The number of carbonyl (C=O) groups excluding carboxylic acids is 2. The first-order chi connectivity index (χ1) is 7.70. The van der Waals surface area contributed by atoms with Crippen LogP contribution in [0.1, 0.15) is 58.8 Å². The van der Waals surface area contributed by atoms with Crippen molar-refractivity contribution in [2.75, 3.05) is 13.1 Å². The lowest BCUT2D eigenvalue weighted by molar-refractivity contribution is -0.119. The molecule has 0 heterocycles. The molecule has 0 atom stereocenters. The van der Waals surface area contributed by atoms with Gasteiger partial charge in [0.1, 0.15) is 11.6 Å². The molecule has 0 aliphatic carbocycles. The van der Waals surface area contributed by atoms with E-state index in [1.807, 2.05) is 13.8 Å². The summed E-state index contributed by atoms with van der Waals surface area (Å²) in [5.74, 6) is 0.648. The summed E-state index contributed by atoms with van der Waals surface area (Å²) in [5.41, 5.74) is 0. The van der Waals surface area contributed by atoms with Gasteiger partial charge in [-0.2, -0.15) is 0 Å². The Balaban J connectivity index is 3.15. The van der Waals surface area contributed by atoms with E-state index in [4.69, 9.17) is 0 Å². The third-order valence-electron chi connectivity index (χ3n) is 2.55. The molecule has 0 spiro atoms. The molecule has 1 N–H and O–H groups in total. The van der Waals surface area contributed by atoms with Gasteiger partial charge in [-0.1, -0.05) is 20.3 Å². The van der Waals surface area contributed by atoms with Crippen LogP contribution in [0.3, 0.4) is 0 Å². The first kappa shape index (κ1) is 15.3. The molecular formula is C13H25NO2. The summed E-state index contributed by atoms with van der Waals surface area (Å²) in [5, 5.41) is 3.11. The second kappa shape index (κ2) is 10.8. The van der Waals surface area contributed by atoms with Crippen molar-refractivity contribution in [1.29, 1.82) is 0 Å². The van der Waals surface area contributed by atoms with E-state index in [9.17, 15) is 9.59 Å². The first-order valence-electron chi connectivity index (χ1n) is 6.44. The monoisotopic (exact) mass is 227 g/mol. The highest BCUT2D eigenvalue weighted by Crippen LogP contribution is 2.03. The molecular weight excluding hydrogens is 202 g/mol. The summed E-state index contributed by atoms with van der Waals surface area (Å²) < 4.78 is 0. The zero-order valence-electron chi connectivity index (χ0n) is 10.7. The van der Waals surface area contributed by atoms with E-state index in [0.717, 1.165) is 45.1 Å². The molecule has 0 saturated carbocycles. The van der Waals surface area contributed by atoms with Crippen molar-refractivity contribution in [3.63, 3.8) is 0 Å². The minimum atomic E-state index is 0.262. The van der Waals surface area contributed by atoms with E-state index >= 15 is 0 Å². The average molecular weight is 227 g/mol. The number of unbranched alkanes of at least 4 members (excludes halogenated alkanes) is 2. The van der Waals surface area contributed by atoms with Crippen LogP contribution in [0.15, 0.2) is 0 Å². The highest BCUT2D eigenvalue weighted by Gasteiger charge is 2.00. The standard InChI is InChI=1S/C13H25NO2/c1-3-8-13(16)9-6-5-7-10-14-11-12(15)4-2/h14H,3-11H2,1-2H3. The lowest BCUT2D eigenvalue weighted by Crippen LogP contribution is -2.23. The van der Waals surface area contributed by atoms with Crippen LogP contribution in [0.25, 0.3) is 0 Å². The number of nitrogens with one attached hydrogen (secondary N) is 1. The molecule has 0 saturated heterocycles. The van der Waals surface area contributed by atoms with Crippen molar-refractivity contribution in [3.05, 3.63) is 0 Å². The van der Waals surface area contributed by atoms with Crippen molar-refractivity contribution in [2.24, 2.45) is 0 Å². The van der Waals surface area contributed by atoms with Crippen molar-refractivity contribution in [2.45, 2.75) is 58.8 Å². The molecule has 0 rings (SSSR count). The second-order valence-electron chi connectivity index (χ2n) is 4.17. The van der Waals surface area contributed by atoms with Gasteiger partial charge in [0.2, 0.25) is 0 Å². The zero-order valence-corrected chi connectivity index (χ0v) is 10.7. The van der Waals surface area contributed by atoms with Crippen molar-refractivity contribution >= 4 is 11.6 Å². The lowest BCUT2D eigenvalue weighted by Gasteiger charge is -2.03. The zero-order chi connectivity index (χ0) is 12.2. The Kier molecular flexibility index (Phi) is 10.3. The summed E-state index contributed by atoms with van der Waals surface area (Å²) in [4.78, 5) is 22.2. The molecule has 0 bridgehead atoms. The van der Waals surface area contributed by atoms with Crippen molar-refractivity contribution in [1.82, 2.24) is 5.32 Å². The molecule has 3 nitrogen and oxygen atoms in total. The van der Waals surface area contributed by atoms with Gasteiger partial charge < -0.3 is 5.32 Å². The molecule has 0 unspecified atom stereocenters. The van der Waals surface area contributed by atoms with E-state index in [2.05, 4.69) is 5.32 Å². The van der Waals surface area contributed by atoms with E-state index in [0.29, 0.717) is 18.7 Å². The molecule has 94 valence electrons. The van der Waals surface area contributed by atoms with Crippen LogP contribution in [0.2, 0.25) is 0 Å². The largest absolute Gasteiger partial charge is 0.310 e. The highest BCUT2D eigenvalue weighted by atomic mass is 16.1. The first-order valence-corrected chi connectivity index (χ1v) is 6.44. The molecule has 0 fully saturated rings. The van der Waals surface area contributed by atoms with Crippen LogP contribution < -0.4 is 5.32 Å². The number of hydrogen-bond donors (Lipinski definition) is 1. The number of rotatable bonds is 11. The van der Waals surface area contributed by atoms with Crippen molar-refractivity contribution in [3.8, 4) is 0 Å². The number of carbonyl (C=O) groups is 2. The quantitative estimate of drug-likeness (QED) is 0.552. The lowest BCUT2D eigenvalue weighted by atomic mass is 10.1. The molecule has 3 heteroatoms. The minimum Gasteiger partial charge on any atom is -0.310 e. The summed E-state index contributed by atoms with van der Waals surface area (Å²) in [6.07, 6.45) is 6.13. The Morgan fingerprint density at radius 2 is 1.69 bits per heavy atom. The van der Waals surface area contributed by atoms with Gasteiger partial charge in [-0.25, -0.2) is 0 Å². The number of ketones is 2. The summed E-state index contributed by atoms with van der Waals surface area (Å²) in [6.45, 7) is 5.29. The SMILES string of the molecule is CCCC(=O)CCCCCNCC(=O)CC. The van der Waals surface area contributed by atoms with Crippen LogP contribution in [0.5, 0.6) is 0 Å². The van der Waals surface area contributed by atoms with Gasteiger partial charge in [0.05, 0.1) is 6.54 Å². The summed E-state index contributed by atoms with van der Waals surface area (Å²) >= 11 is 0. The average Bonchev–Trinajstić information content (AvgIpc) is 2.27. The third kappa shape index (κ3) is 9.84. The van der Waals surface area contributed by atoms with Gasteiger partial charge in [-0.3, -0.25) is 9.59 Å². The van der Waals surface area contributed by atoms with E-state index in [-0.39, 0.29) is 5.78 Å². The predicted octanol–water partition coefficient (Wildman–Crippen LogP) is 2.48. The van der Waals surface area contributed by atoms with Gasteiger partial charge in [0, 0.05) is 19.3 Å². The maximum atomic E-state index is 11.2.